The highest BCUT2D eigenvalue weighted by atomic mass is 16.7. The third-order valence-corrected chi connectivity index (χ3v) is 4.21. The fourth-order valence-electron chi connectivity index (χ4n) is 2.62. The maximum atomic E-state index is 12.4. The molecule has 0 unspecified atom stereocenters. The summed E-state index contributed by atoms with van der Waals surface area (Å²) in [5.74, 6) is -0.488. The second-order valence-electron chi connectivity index (χ2n) is 7.25. The Labute approximate surface area is 159 Å². The van der Waals surface area contributed by atoms with Crippen molar-refractivity contribution < 1.29 is 9.63 Å². The Hall–Kier alpha value is -3.27. The van der Waals surface area contributed by atoms with Crippen molar-refractivity contribution >= 4 is 11.7 Å². The average Bonchev–Trinajstić information content (AvgIpc) is 2.69. The number of oxime groups is 1. The van der Waals surface area contributed by atoms with Gasteiger partial charge < -0.3 is 4.84 Å². The maximum Gasteiger partial charge on any atom is 0.365 e. The lowest BCUT2D eigenvalue weighted by molar-refractivity contribution is 0.0517. The highest BCUT2D eigenvalue weighted by Crippen LogP contribution is 2.22. The van der Waals surface area contributed by atoms with Crippen molar-refractivity contribution in [2.45, 2.75) is 26.2 Å². The summed E-state index contributed by atoms with van der Waals surface area (Å²) in [7, 11) is 0. The van der Waals surface area contributed by atoms with Gasteiger partial charge in [-0.1, -0.05) is 68.4 Å². The minimum absolute atomic E-state index is 0.0302. The van der Waals surface area contributed by atoms with Crippen LogP contribution in [0.2, 0.25) is 0 Å². The molecule has 1 heterocycles. The van der Waals surface area contributed by atoms with Crippen LogP contribution in [0.3, 0.4) is 0 Å². The molecule has 1 aromatic heterocycles. The predicted molar refractivity (Wildman–Crippen MR) is 107 cm³/mol. The number of hydrogen-bond acceptors (Lipinski definition) is 4. The molecule has 3 rings (SSSR count). The maximum absolute atomic E-state index is 12.4. The number of carbonyl (C=O) groups is 1. The van der Waals surface area contributed by atoms with Gasteiger partial charge in [0.05, 0.1) is 5.56 Å². The van der Waals surface area contributed by atoms with Crippen LogP contribution < -0.4 is 0 Å². The molecule has 0 aliphatic heterocycles. The average molecular weight is 358 g/mol. The van der Waals surface area contributed by atoms with Crippen LogP contribution in [0.4, 0.5) is 0 Å². The topological polar surface area (TPSA) is 51.5 Å². The number of benzene rings is 2. The fraction of sp³-hybridized carbons (Fsp3) is 0.174. The molecule has 2 aromatic carbocycles. The van der Waals surface area contributed by atoms with E-state index in [9.17, 15) is 4.79 Å². The van der Waals surface area contributed by atoms with E-state index in [1.807, 2.05) is 54.6 Å². The molecular weight excluding hydrogens is 336 g/mol. The second-order valence-corrected chi connectivity index (χ2v) is 7.25. The molecule has 0 aliphatic rings. The summed E-state index contributed by atoms with van der Waals surface area (Å²) in [4.78, 5) is 21.7. The number of rotatable bonds is 4. The lowest BCUT2D eigenvalue weighted by Crippen LogP contribution is -2.12. The Morgan fingerprint density at radius 3 is 2.00 bits per heavy atom. The third-order valence-electron chi connectivity index (χ3n) is 4.21. The SMILES string of the molecule is CC(C)(C)c1ccc(C(=O)O/N=C(/c2ccccc2)c2ccncc2)cc1. The first-order chi connectivity index (χ1) is 12.9. The molecule has 0 fully saturated rings. The highest BCUT2D eigenvalue weighted by molar-refractivity contribution is 6.12. The first kappa shape index (κ1) is 18.5. The summed E-state index contributed by atoms with van der Waals surface area (Å²) in [6.07, 6.45) is 3.36. The van der Waals surface area contributed by atoms with Gasteiger partial charge in [0.25, 0.3) is 0 Å². The zero-order valence-corrected chi connectivity index (χ0v) is 15.7. The molecular formula is C23H22N2O2. The smallest absolute Gasteiger partial charge is 0.312 e. The van der Waals surface area contributed by atoms with Crippen LogP contribution in [0.25, 0.3) is 0 Å². The van der Waals surface area contributed by atoms with Crippen molar-refractivity contribution in [2.75, 3.05) is 0 Å². The Kier molecular flexibility index (Phi) is 5.46. The first-order valence-electron chi connectivity index (χ1n) is 8.81. The lowest BCUT2D eigenvalue weighted by Gasteiger charge is -2.18. The summed E-state index contributed by atoms with van der Waals surface area (Å²) in [5, 5.41) is 4.15. The van der Waals surface area contributed by atoms with Gasteiger partial charge >= 0.3 is 5.97 Å². The summed E-state index contributed by atoms with van der Waals surface area (Å²) < 4.78 is 0. The van der Waals surface area contributed by atoms with E-state index < -0.39 is 5.97 Å². The van der Waals surface area contributed by atoms with Gasteiger partial charge in [-0.25, -0.2) is 4.79 Å². The van der Waals surface area contributed by atoms with Gasteiger partial charge in [0, 0.05) is 23.5 Å². The van der Waals surface area contributed by atoms with Gasteiger partial charge in [-0.05, 0) is 35.2 Å². The Bertz CT molecular complexity index is 884. The van der Waals surface area contributed by atoms with Gasteiger partial charge in [-0.15, -0.1) is 0 Å². The predicted octanol–water partition coefficient (Wildman–Crippen LogP) is 4.99. The van der Waals surface area contributed by atoms with Crippen LogP contribution >= 0.6 is 0 Å². The van der Waals surface area contributed by atoms with Crippen LogP contribution in [0.5, 0.6) is 0 Å². The van der Waals surface area contributed by atoms with E-state index in [0.29, 0.717) is 11.3 Å². The first-order valence-corrected chi connectivity index (χ1v) is 8.81. The number of aromatic nitrogens is 1. The Morgan fingerprint density at radius 2 is 1.41 bits per heavy atom. The molecule has 4 nitrogen and oxygen atoms in total. The van der Waals surface area contributed by atoms with Crippen molar-refractivity contribution in [1.29, 1.82) is 0 Å². The van der Waals surface area contributed by atoms with Crippen molar-refractivity contribution in [2.24, 2.45) is 5.16 Å². The molecule has 0 saturated heterocycles. The van der Waals surface area contributed by atoms with E-state index >= 15 is 0 Å². The second kappa shape index (κ2) is 7.96. The summed E-state index contributed by atoms with van der Waals surface area (Å²) in [6.45, 7) is 6.39. The molecule has 0 amide bonds. The van der Waals surface area contributed by atoms with Crippen LogP contribution in [0, 0.1) is 0 Å². The molecule has 0 saturated carbocycles. The molecule has 0 spiro atoms. The van der Waals surface area contributed by atoms with Crippen molar-refractivity contribution in [3.8, 4) is 0 Å². The fourth-order valence-corrected chi connectivity index (χ4v) is 2.62. The largest absolute Gasteiger partial charge is 0.365 e. The lowest BCUT2D eigenvalue weighted by atomic mass is 9.87. The van der Waals surface area contributed by atoms with Crippen LogP contribution in [0.15, 0.2) is 84.3 Å². The van der Waals surface area contributed by atoms with Crippen LogP contribution in [-0.2, 0) is 10.3 Å². The minimum Gasteiger partial charge on any atom is -0.312 e. The van der Waals surface area contributed by atoms with Crippen LogP contribution in [0.1, 0.15) is 47.8 Å². The molecule has 0 bridgehead atoms. The van der Waals surface area contributed by atoms with E-state index in [1.165, 1.54) is 0 Å². The molecule has 0 N–H and O–H groups in total. The zero-order chi connectivity index (χ0) is 19.3. The number of nitrogens with zero attached hydrogens (tertiary/aromatic N) is 2. The third kappa shape index (κ3) is 4.67. The number of carbonyl (C=O) groups excluding carboxylic acids is 1. The standard InChI is InChI=1S/C23H22N2O2/c1-23(2,3)20-11-9-19(10-12-20)22(26)27-25-21(17-7-5-4-6-8-17)18-13-15-24-16-14-18/h4-16H,1-3H3/b25-21-. The Morgan fingerprint density at radius 1 is 0.815 bits per heavy atom. The molecule has 3 aromatic rings. The van der Waals surface area contributed by atoms with E-state index in [0.717, 1.165) is 16.7 Å². The summed E-state index contributed by atoms with van der Waals surface area (Å²) >= 11 is 0. The van der Waals surface area contributed by atoms with E-state index in [-0.39, 0.29) is 5.41 Å². The number of hydrogen-bond donors (Lipinski definition) is 0. The summed E-state index contributed by atoms with van der Waals surface area (Å²) in [6, 6.07) is 20.7. The molecule has 0 radical (unpaired) electrons. The van der Waals surface area contributed by atoms with Gasteiger partial charge in [0.1, 0.15) is 5.71 Å². The number of pyridine rings is 1. The van der Waals surface area contributed by atoms with Gasteiger partial charge in [0.15, 0.2) is 0 Å². The molecule has 27 heavy (non-hydrogen) atoms. The molecule has 4 heteroatoms. The zero-order valence-electron chi connectivity index (χ0n) is 15.7. The van der Waals surface area contributed by atoms with Crippen molar-refractivity contribution in [1.82, 2.24) is 4.98 Å². The van der Waals surface area contributed by atoms with Gasteiger partial charge in [0.2, 0.25) is 0 Å². The van der Waals surface area contributed by atoms with Crippen molar-refractivity contribution in [3.05, 3.63) is 101 Å². The highest BCUT2D eigenvalue weighted by Gasteiger charge is 2.15. The summed E-state index contributed by atoms with van der Waals surface area (Å²) in [5.41, 5.74) is 3.92. The molecule has 0 atom stereocenters. The minimum atomic E-state index is -0.488. The van der Waals surface area contributed by atoms with Gasteiger partial charge in [-0.2, -0.15) is 0 Å². The van der Waals surface area contributed by atoms with Gasteiger partial charge in [-0.3, -0.25) is 4.98 Å². The monoisotopic (exact) mass is 358 g/mol. The van der Waals surface area contributed by atoms with E-state index in [2.05, 4.69) is 30.9 Å². The molecule has 0 aliphatic carbocycles. The van der Waals surface area contributed by atoms with E-state index in [4.69, 9.17) is 4.84 Å². The Balaban J connectivity index is 1.85. The normalized spacial score (nSPS) is 11.9. The molecule has 136 valence electrons. The van der Waals surface area contributed by atoms with Crippen molar-refractivity contribution in [3.63, 3.8) is 0 Å². The van der Waals surface area contributed by atoms with Crippen LogP contribution in [-0.4, -0.2) is 16.7 Å². The van der Waals surface area contributed by atoms with E-state index in [1.54, 1.807) is 24.5 Å². The quantitative estimate of drug-likeness (QED) is 0.375.